The van der Waals surface area contributed by atoms with E-state index < -0.39 is 62.5 Å². The van der Waals surface area contributed by atoms with Gasteiger partial charge in [0.15, 0.2) is 6.10 Å². The molecule has 1 amide bonds. The molecule has 4 rings (SSSR count). The van der Waals surface area contributed by atoms with Crippen molar-refractivity contribution in [3.05, 3.63) is 23.5 Å². The SMILES string of the molecule is CC(C)C(NC(=O)[C@H]1CC[C@H]2[C@@H]3CC=C4C=C(OS(=O)(=O)C(F)(F)F)CC[C@]4(C)[C@H]3CC[C@]12C)C(O)C(F)(F)F. The Balaban J connectivity index is 1.53. The highest BCUT2D eigenvalue weighted by Crippen LogP contribution is 2.66. The second-order valence-corrected chi connectivity index (χ2v) is 14.3. The van der Waals surface area contributed by atoms with Gasteiger partial charge in [-0.25, -0.2) is 0 Å². The van der Waals surface area contributed by atoms with E-state index in [1.54, 1.807) is 0 Å². The summed E-state index contributed by atoms with van der Waals surface area (Å²) < 4.78 is 106. The van der Waals surface area contributed by atoms with Crippen molar-refractivity contribution < 1.29 is 48.8 Å². The number of alkyl halides is 6. The van der Waals surface area contributed by atoms with Crippen LogP contribution in [-0.4, -0.2) is 43.3 Å². The Kier molecular flexibility index (Phi) is 7.95. The summed E-state index contributed by atoms with van der Waals surface area (Å²) in [5.41, 5.74) is -5.61. The van der Waals surface area contributed by atoms with Crippen molar-refractivity contribution in [2.75, 3.05) is 0 Å². The Morgan fingerprint density at radius 1 is 1.07 bits per heavy atom. The van der Waals surface area contributed by atoms with Crippen LogP contribution in [0.15, 0.2) is 23.5 Å². The first-order valence-electron chi connectivity index (χ1n) is 13.7. The van der Waals surface area contributed by atoms with Gasteiger partial charge in [-0.1, -0.05) is 33.8 Å². The summed E-state index contributed by atoms with van der Waals surface area (Å²) in [7, 11) is -5.75. The Morgan fingerprint density at radius 2 is 1.73 bits per heavy atom. The van der Waals surface area contributed by atoms with Crippen LogP contribution in [0.4, 0.5) is 26.3 Å². The number of carbonyl (C=O) groups excluding carboxylic acids is 1. The molecule has 4 aliphatic rings. The largest absolute Gasteiger partial charge is 0.534 e. The van der Waals surface area contributed by atoms with E-state index in [1.807, 2.05) is 19.9 Å². The van der Waals surface area contributed by atoms with Crippen molar-refractivity contribution in [1.29, 1.82) is 0 Å². The van der Waals surface area contributed by atoms with Crippen LogP contribution in [0.3, 0.4) is 0 Å². The van der Waals surface area contributed by atoms with Gasteiger partial charge in [0, 0.05) is 12.3 Å². The van der Waals surface area contributed by atoms with E-state index in [0.29, 0.717) is 25.7 Å². The molecular weight excluding hydrogens is 564 g/mol. The number of halogens is 6. The first-order valence-corrected chi connectivity index (χ1v) is 15.1. The Bertz CT molecular complexity index is 1180. The minimum atomic E-state index is -5.75. The highest BCUT2D eigenvalue weighted by molar-refractivity contribution is 7.87. The molecule has 2 unspecified atom stereocenters. The maximum Gasteiger partial charge on any atom is 0.534 e. The van der Waals surface area contributed by atoms with Gasteiger partial charge in [-0.05, 0) is 84.7 Å². The van der Waals surface area contributed by atoms with Crippen LogP contribution in [0.1, 0.15) is 72.6 Å². The first-order chi connectivity index (χ1) is 18.2. The molecule has 0 aromatic carbocycles. The van der Waals surface area contributed by atoms with Crippen LogP contribution < -0.4 is 5.32 Å². The minimum absolute atomic E-state index is 0.0391. The zero-order valence-electron chi connectivity index (χ0n) is 22.9. The molecule has 40 heavy (non-hydrogen) atoms. The fourth-order valence-corrected chi connectivity index (χ4v) is 8.57. The van der Waals surface area contributed by atoms with Gasteiger partial charge in [-0.3, -0.25) is 4.79 Å². The maximum atomic E-state index is 13.4. The van der Waals surface area contributed by atoms with Gasteiger partial charge in [0.25, 0.3) is 0 Å². The lowest BCUT2D eigenvalue weighted by Crippen LogP contribution is -2.56. The molecule has 13 heteroatoms. The van der Waals surface area contributed by atoms with Crippen molar-refractivity contribution in [3.63, 3.8) is 0 Å². The number of hydrogen-bond donors (Lipinski definition) is 2. The monoisotopic (exact) mass is 601 g/mol. The zero-order valence-corrected chi connectivity index (χ0v) is 23.7. The number of fused-ring (bicyclic) bond motifs is 5. The molecule has 0 aliphatic heterocycles. The quantitative estimate of drug-likeness (QED) is 0.222. The van der Waals surface area contributed by atoms with Crippen molar-refractivity contribution in [3.8, 4) is 0 Å². The summed E-state index contributed by atoms with van der Waals surface area (Å²) in [5.74, 6) is -1.41. The standard InChI is InChI=1S/C27H37F6NO5S/c1-14(2)21(22(35)26(28,29)30)34-23(36)20-8-7-18-17-6-5-15-13-16(39-40(37,38)27(31,32)33)9-11-24(15,3)19(17)10-12-25(18,20)4/h5,13-14,17-22,35H,6-12H2,1-4H3,(H,34,36)/t17-,18-,19-,20+,21?,22?,24-,25-/m0/s1. The number of aliphatic hydroxyl groups is 1. The number of carbonyl (C=O) groups is 1. The topological polar surface area (TPSA) is 92.7 Å². The lowest BCUT2D eigenvalue weighted by Gasteiger charge is -2.56. The van der Waals surface area contributed by atoms with E-state index in [1.165, 1.54) is 19.9 Å². The predicted molar refractivity (Wildman–Crippen MR) is 134 cm³/mol. The molecule has 0 aromatic rings. The van der Waals surface area contributed by atoms with E-state index >= 15 is 0 Å². The Labute approximate surface area is 230 Å². The van der Waals surface area contributed by atoms with Gasteiger partial charge in [0.1, 0.15) is 5.76 Å². The van der Waals surface area contributed by atoms with Crippen LogP contribution in [0.25, 0.3) is 0 Å². The highest BCUT2D eigenvalue weighted by atomic mass is 32.2. The third kappa shape index (κ3) is 5.29. The van der Waals surface area contributed by atoms with Gasteiger partial charge in [0.05, 0.1) is 6.04 Å². The van der Waals surface area contributed by atoms with Gasteiger partial charge in [0.2, 0.25) is 5.91 Å². The minimum Gasteiger partial charge on any atom is -0.382 e. The number of aliphatic hydroxyl groups excluding tert-OH is 1. The van der Waals surface area contributed by atoms with Gasteiger partial charge >= 0.3 is 21.8 Å². The fraction of sp³-hybridized carbons (Fsp3) is 0.815. The third-order valence-corrected chi connectivity index (χ3v) is 11.3. The number of allylic oxidation sites excluding steroid dienone is 4. The third-order valence-electron chi connectivity index (χ3n) is 10.3. The molecule has 228 valence electrons. The Morgan fingerprint density at radius 3 is 2.30 bits per heavy atom. The van der Waals surface area contributed by atoms with Crippen LogP contribution in [0.5, 0.6) is 0 Å². The number of rotatable bonds is 6. The fourth-order valence-electron chi connectivity index (χ4n) is 8.06. The van der Waals surface area contributed by atoms with E-state index in [-0.39, 0.29) is 29.9 Å². The molecule has 0 spiro atoms. The highest BCUT2D eigenvalue weighted by Gasteiger charge is 2.60. The van der Waals surface area contributed by atoms with E-state index in [4.69, 9.17) is 0 Å². The van der Waals surface area contributed by atoms with Gasteiger partial charge < -0.3 is 14.6 Å². The molecule has 0 bridgehead atoms. The zero-order chi connectivity index (χ0) is 30.1. The van der Waals surface area contributed by atoms with Crippen molar-refractivity contribution in [1.82, 2.24) is 5.32 Å². The maximum absolute atomic E-state index is 13.4. The summed E-state index contributed by atoms with van der Waals surface area (Å²) in [6.07, 6.45) is -0.518. The second-order valence-electron chi connectivity index (χ2n) is 12.7. The van der Waals surface area contributed by atoms with Crippen LogP contribution in [0.2, 0.25) is 0 Å². The number of nitrogens with one attached hydrogen (secondary N) is 1. The predicted octanol–water partition coefficient (Wildman–Crippen LogP) is 5.99. The van der Waals surface area contributed by atoms with Crippen molar-refractivity contribution >= 4 is 16.0 Å². The van der Waals surface area contributed by atoms with Crippen LogP contribution in [-0.2, 0) is 19.1 Å². The smallest absolute Gasteiger partial charge is 0.382 e. The molecule has 4 aliphatic carbocycles. The molecule has 8 atom stereocenters. The summed E-state index contributed by atoms with van der Waals surface area (Å²) in [5, 5.41) is 12.4. The Hall–Kier alpha value is -1.76. The number of amides is 1. The van der Waals surface area contributed by atoms with Gasteiger partial charge in [-0.15, -0.1) is 0 Å². The molecule has 2 saturated carbocycles. The first kappa shape index (κ1) is 31.2. The summed E-state index contributed by atoms with van der Waals surface area (Å²) in [6, 6.07) is -1.46. The molecule has 0 aromatic heterocycles. The summed E-state index contributed by atoms with van der Waals surface area (Å²) in [4.78, 5) is 13.4. The normalized spacial score (nSPS) is 36.0. The molecule has 2 fully saturated rings. The number of hydrogen-bond acceptors (Lipinski definition) is 5. The summed E-state index contributed by atoms with van der Waals surface area (Å²) in [6.45, 7) is 7.09. The molecule has 0 heterocycles. The van der Waals surface area contributed by atoms with E-state index in [2.05, 4.69) is 9.50 Å². The molecule has 6 nitrogen and oxygen atoms in total. The molecule has 0 saturated heterocycles. The molecule has 2 N–H and O–H groups in total. The lowest BCUT2D eigenvalue weighted by atomic mass is 9.48. The second kappa shape index (κ2) is 10.2. The lowest BCUT2D eigenvalue weighted by molar-refractivity contribution is -0.215. The van der Waals surface area contributed by atoms with E-state index in [0.717, 1.165) is 18.4 Å². The van der Waals surface area contributed by atoms with Crippen molar-refractivity contribution in [2.45, 2.75) is 96.5 Å². The van der Waals surface area contributed by atoms with Crippen molar-refractivity contribution in [2.24, 2.45) is 40.4 Å². The molecule has 0 radical (unpaired) electrons. The average Bonchev–Trinajstić information content (AvgIpc) is 3.18. The average molecular weight is 602 g/mol. The molecular formula is C27H37F6NO5S. The van der Waals surface area contributed by atoms with E-state index in [9.17, 15) is 44.7 Å². The summed E-state index contributed by atoms with van der Waals surface area (Å²) >= 11 is 0. The van der Waals surface area contributed by atoms with Crippen LogP contribution >= 0.6 is 0 Å². The van der Waals surface area contributed by atoms with Crippen LogP contribution in [0, 0.1) is 40.4 Å². The van der Waals surface area contributed by atoms with Gasteiger partial charge in [-0.2, -0.15) is 34.8 Å².